The van der Waals surface area contributed by atoms with Crippen molar-refractivity contribution >= 4 is 11.9 Å². The van der Waals surface area contributed by atoms with Crippen molar-refractivity contribution in [1.29, 1.82) is 0 Å². The van der Waals surface area contributed by atoms with E-state index < -0.39 is 11.6 Å². The van der Waals surface area contributed by atoms with Gasteiger partial charge in [0.1, 0.15) is 0 Å². The number of hydrogen-bond donors (Lipinski definition) is 2. The maximum Gasteiger partial charge on any atom is 0.335 e. The van der Waals surface area contributed by atoms with Gasteiger partial charge in [0, 0.05) is 25.9 Å². The lowest BCUT2D eigenvalue weighted by molar-refractivity contribution is -0.165. The number of amides is 1. The number of hydrogen-bond acceptors (Lipinski definition) is 3. The van der Waals surface area contributed by atoms with Crippen molar-refractivity contribution in [1.82, 2.24) is 4.90 Å². The van der Waals surface area contributed by atoms with Crippen molar-refractivity contribution in [3.05, 3.63) is 35.9 Å². The first-order chi connectivity index (χ1) is 11.5. The fourth-order valence-electron chi connectivity index (χ4n) is 4.08. The molecule has 2 aliphatic rings. The van der Waals surface area contributed by atoms with Crippen LogP contribution in [0.5, 0.6) is 0 Å². The predicted octanol–water partition coefficient (Wildman–Crippen LogP) is 2.40. The zero-order valence-corrected chi connectivity index (χ0v) is 13.9. The van der Waals surface area contributed by atoms with Crippen molar-refractivity contribution in [3.63, 3.8) is 0 Å². The molecule has 1 heterocycles. The minimum atomic E-state index is -1.69. The highest BCUT2D eigenvalue weighted by atomic mass is 16.4. The van der Waals surface area contributed by atoms with Gasteiger partial charge in [-0.05, 0) is 24.3 Å². The van der Waals surface area contributed by atoms with Crippen LogP contribution >= 0.6 is 0 Å². The Hall–Kier alpha value is -1.88. The Kier molecular flexibility index (Phi) is 4.90. The average molecular weight is 331 g/mol. The number of aliphatic carboxylic acids is 1. The monoisotopic (exact) mass is 331 g/mol. The Morgan fingerprint density at radius 1 is 1.08 bits per heavy atom. The van der Waals surface area contributed by atoms with E-state index in [0.29, 0.717) is 19.0 Å². The highest BCUT2D eigenvalue weighted by molar-refractivity contribution is 5.85. The van der Waals surface area contributed by atoms with Gasteiger partial charge in [0.05, 0.1) is 5.92 Å². The molecule has 1 aromatic rings. The van der Waals surface area contributed by atoms with Gasteiger partial charge >= 0.3 is 5.97 Å². The number of likely N-dealkylation sites (tertiary alicyclic amines) is 1. The van der Waals surface area contributed by atoms with Crippen LogP contribution in [0.25, 0.3) is 0 Å². The highest BCUT2D eigenvalue weighted by Crippen LogP contribution is 2.39. The first kappa shape index (κ1) is 17.0. The molecule has 1 aliphatic heterocycles. The summed E-state index contributed by atoms with van der Waals surface area (Å²) in [5.41, 5.74) is -0.639. The summed E-state index contributed by atoms with van der Waals surface area (Å²) < 4.78 is 0. The van der Waals surface area contributed by atoms with E-state index in [9.17, 15) is 14.7 Å². The second kappa shape index (κ2) is 6.93. The zero-order chi connectivity index (χ0) is 17.2. The lowest BCUT2D eigenvalue weighted by Gasteiger charge is -2.38. The maximum absolute atomic E-state index is 13.2. The number of carbonyl (C=O) groups is 2. The molecule has 0 radical (unpaired) electrons. The summed E-state index contributed by atoms with van der Waals surface area (Å²) in [6.07, 6.45) is 4.66. The summed E-state index contributed by atoms with van der Waals surface area (Å²) >= 11 is 0. The SMILES string of the molecule is O=C([C@@H](c1ccccc1)C1CCCC1)N1CCC(O)(C(=O)O)CC1. The Morgan fingerprint density at radius 3 is 2.21 bits per heavy atom. The molecule has 5 heteroatoms. The molecule has 5 nitrogen and oxygen atoms in total. The van der Waals surface area contributed by atoms with Crippen LogP contribution in [0.4, 0.5) is 0 Å². The van der Waals surface area contributed by atoms with E-state index in [4.69, 9.17) is 5.11 Å². The minimum Gasteiger partial charge on any atom is -0.479 e. The van der Waals surface area contributed by atoms with Gasteiger partial charge in [-0.3, -0.25) is 4.79 Å². The number of rotatable bonds is 4. The molecule has 1 saturated carbocycles. The topological polar surface area (TPSA) is 77.8 Å². The van der Waals surface area contributed by atoms with Crippen LogP contribution in [0.15, 0.2) is 30.3 Å². The number of carbonyl (C=O) groups excluding carboxylic acids is 1. The third kappa shape index (κ3) is 3.31. The lowest BCUT2D eigenvalue weighted by Crippen LogP contribution is -2.52. The summed E-state index contributed by atoms with van der Waals surface area (Å²) in [7, 11) is 0. The third-order valence-corrected chi connectivity index (χ3v) is 5.60. The van der Waals surface area contributed by atoms with E-state index in [1.807, 2.05) is 30.3 Å². The molecule has 0 bridgehead atoms. The lowest BCUT2D eigenvalue weighted by atomic mass is 9.82. The first-order valence-electron chi connectivity index (χ1n) is 8.81. The Balaban J connectivity index is 1.76. The van der Waals surface area contributed by atoms with Crippen LogP contribution in [0.2, 0.25) is 0 Å². The maximum atomic E-state index is 13.2. The van der Waals surface area contributed by atoms with Crippen LogP contribution in [-0.2, 0) is 9.59 Å². The van der Waals surface area contributed by atoms with Crippen molar-refractivity contribution in [2.45, 2.75) is 50.0 Å². The highest BCUT2D eigenvalue weighted by Gasteiger charge is 2.42. The van der Waals surface area contributed by atoms with Gasteiger partial charge in [-0.1, -0.05) is 43.2 Å². The van der Waals surface area contributed by atoms with Gasteiger partial charge in [0.25, 0.3) is 0 Å². The molecule has 1 aliphatic carbocycles. The van der Waals surface area contributed by atoms with Gasteiger partial charge in [0.2, 0.25) is 5.91 Å². The molecule has 1 atom stereocenters. The van der Waals surface area contributed by atoms with Crippen molar-refractivity contribution in [3.8, 4) is 0 Å². The summed E-state index contributed by atoms with van der Waals surface area (Å²) in [6.45, 7) is 0.607. The Labute approximate surface area is 142 Å². The molecule has 0 spiro atoms. The van der Waals surface area contributed by atoms with Gasteiger partial charge < -0.3 is 15.1 Å². The molecule has 0 aromatic heterocycles. The van der Waals surface area contributed by atoms with Gasteiger partial charge in [0.15, 0.2) is 5.60 Å². The number of carboxylic acid groups (broad SMARTS) is 1. The minimum absolute atomic E-state index is 0.0838. The van der Waals surface area contributed by atoms with Crippen molar-refractivity contribution < 1.29 is 19.8 Å². The molecule has 2 fully saturated rings. The summed E-state index contributed by atoms with van der Waals surface area (Å²) in [5, 5.41) is 19.2. The molecule has 2 N–H and O–H groups in total. The van der Waals surface area contributed by atoms with Gasteiger partial charge in [-0.15, -0.1) is 0 Å². The van der Waals surface area contributed by atoms with Crippen LogP contribution in [0.1, 0.15) is 50.0 Å². The van der Waals surface area contributed by atoms with E-state index in [-0.39, 0.29) is 24.7 Å². The summed E-state index contributed by atoms with van der Waals surface area (Å²) in [6, 6.07) is 9.90. The van der Waals surface area contributed by atoms with Crippen LogP contribution in [0.3, 0.4) is 0 Å². The van der Waals surface area contributed by atoms with Crippen LogP contribution < -0.4 is 0 Å². The molecule has 1 amide bonds. The van der Waals surface area contributed by atoms with Crippen molar-refractivity contribution in [2.75, 3.05) is 13.1 Å². The first-order valence-corrected chi connectivity index (χ1v) is 8.81. The molecule has 24 heavy (non-hydrogen) atoms. The molecule has 1 aromatic carbocycles. The Bertz CT molecular complexity index is 587. The zero-order valence-electron chi connectivity index (χ0n) is 13.9. The number of carboxylic acids is 1. The number of piperidine rings is 1. The normalized spacial score (nSPS) is 22.3. The Morgan fingerprint density at radius 2 is 1.67 bits per heavy atom. The van der Waals surface area contributed by atoms with Gasteiger partial charge in [-0.2, -0.15) is 0 Å². The average Bonchev–Trinajstić information content (AvgIpc) is 3.10. The fourth-order valence-corrected chi connectivity index (χ4v) is 4.08. The molecular weight excluding hydrogens is 306 g/mol. The standard InChI is InChI=1S/C19H25NO4/c21-17(20-12-10-19(24,11-13-20)18(22)23)16(15-8-4-5-9-15)14-6-2-1-3-7-14/h1-3,6-7,15-16,24H,4-5,8-13H2,(H,22,23)/t16-/m0/s1. The summed E-state index contributed by atoms with van der Waals surface area (Å²) in [4.78, 5) is 26.1. The van der Waals surface area contributed by atoms with E-state index in [0.717, 1.165) is 18.4 Å². The molecule has 3 rings (SSSR count). The van der Waals surface area contributed by atoms with Crippen molar-refractivity contribution in [2.24, 2.45) is 5.92 Å². The van der Waals surface area contributed by atoms with E-state index >= 15 is 0 Å². The number of aliphatic hydroxyl groups is 1. The van der Waals surface area contributed by atoms with E-state index in [1.54, 1.807) is 4.90 Å². The molecule has 0 unspecified atom stereocenters. The van der Waals surface area contributed by atoms with Crippen LogP contribution in [-0.4, -0.2) is 45.7 Å². The molecule has 130 valence electrons. The second-order valence-electron chi connectivity index (χ2n) is 7.09. The molecular formula is C19H25NO4. The quantitative estimate of drug-likeness (QED) is 0.888. The van der Waals surface area contributed by atoms with E-state index in [2.05, 4.69) is 0 Å². The predicted molar refractivity (Wildman–Crippen MR) is 89.5 cm³/mol. The molecule has 1 saturated heterocycles. The second-order valence-corrected chi connectivity index (χ2v) is 7.09. The largest absolute Gasteiger partial charge is 0.479 e. The van der Waals surface area contributed by atoms with Gasteiger partial charge in [-0.25, -0.2) is 4.79 Å². The third-order valence-electron chi connectivity index (χ3n) is 5.60. The fraction of sp³-hybridized carbons (Fsp3) is 0.579. The summed E-state index contributed by atoms with van der Waals surface area (Å²) in [5.74, 6) is -0.893. The number of nitrogens with zero attached hydrogens (tertiary/aromatic N) is 1. The van der Waals surface area contributed by atoms with Crippen LogP contribution in [0, 0.1) is 5.92 Å². The number of benzene rings is 1. The van der Waals surface area contributed by atoms with E-state index in [1.165, 1.54) is 12.8 Å². The smallest absolute Gasteiger partial charge is 0.335 e.